The van der Waals surface area contributed by atoms with Crippen LogP contribution in [0.4, 0.5) is 5.82 Å². The summed E-state index contributed by atoms with van der Waals surface area (Å²) < 4.78 is 0. The molecular formula is C17H21ClN4. The molecule has 0 atom stereocenters. The number of hydrogen-bond donors (Lipinski definition) is 1. The Balaban J connectivity index is 2.00. The van der Waals surface area contributed by atoms with Crippen LogP contribution in [0.5, 0.6) is 0 Å². The number of nitrogens with two attached hydrogens (primary N) is 1. The summed E-state index contributed by atoms with van der Waals surface area (Å²) in [7, 11) is 0. The highest BCUT2D eigenvalue weighted by molar-refractivity contribution is 6.30. The van der Waals surface area contributed by atoms with Gasteiger partial charge in [0.15, 0.2) is 5.82 Å². The average Bonchev–Trinajstić information content (AvgIpc) is 2.51. The number of aromatic nitrogens is 2. The summed E-state index contributed by atoms with van der Waals surface area (Å²) in [6.07, 6.45) is 2.02. The number of piperidine rings is 1. The topological polar surface area (TPSA) is 55.0 Å². The van der Waals surface area contributed by atoms with Crippen molar-refractivity contribution < 1.29 is 0 Å². The van der Waals surface area contributed by atoms with Crippen molar-refractivity contribution in [1.82, 2.24) is 9.97 Å². The van der Waals surface area contributed by atoms with Crippen LogP contribution in [0.15, 0.2) is 24.3 Å². The van der Waals surface area contributed by atoms with Crippen LogP contribution >= 0.6 is 11.6 Å². The Morgan fingerprint density at radius 1 is 1.18 bits per heavy atom. The van der Waals surface area contributed by atoms with Crippen molar-refractivity contribution >= 4 is 17.4 Å². The van der Waals surface area contributed by atoms with Gasteiger partial charge in [0.05, 0.1) is 0 Å². The van der Waals surface area contributed by atoms with Gasteiger partial charge in [-0.05, 0) is 38.8 Å². The third-order valence-corrected chi connectivity index (χ3v) is 4.52. The van der Waals surface area contributed by atoms with Crippen molar-refractivity contribution in [3.63, 3.8) is 0 Å². The average molecular weight is 317 g/mol. The first kappa shape index (κ1) is 15.3. The Labute approximate surface area is 136 Å². The highest BCUT2D eigenvalue weighted by Crippen LogP contribution is 2.27. The van der Waals surface area contributed by atoms with E-state index in [1.807, 2.05) is 31.2 Å². The van der Waals surface area contributed by atoms with Crippen LogP contribution in [0.25, 0.3) is 11.4 Å². The number of anilines is 1. The molecule has 0 aliphatic carbocycles. The molecule has 1 fully saturated rings. The highest BCUT2D eigenvalue weighted by atomic mass is 35.5. The number of hydrogen-bond acceptors (Lipinski definition) is 4. The lowest BCUT2D eigenvalue weighted by atomic mass is 10.1. The minimum Gasteiger partial charge on any atom is -0.356 e. The standard InChI is InChI=1S/C17H21ClN4/c1-11-12(2)20-16(13-4-3-5-14(18)10-13)21-17(11)22-8-6-15(19)7-9-22/h3-5,10,15H,6-9,19H2,1-2H3. The van der Waals surface area contributed by atoms with Crippen LogP contribution in [0, 0.1) is 13.8 Å². The fourth-order valence-corrected chi connectivity index (χ4v) is 2.98. The molecule has 2 N–H and O–H groups in total. The van der Waals surface area contributed by atoms with Gasteiger partial charge in [0.2, 0.25) is 0 Å². The largest absolute Gasteiger partial charge is 0.356 e. The van der Waals surface area contributed by atoms with Crippen LogP contribution in [0.3, 0.4) is 0 Å². The SMILES string of the molecule is Cc1nc(-c2cccc(Cl)c2)nc(N2CCC(N)CC2)c1C. The normalized spacial score (nSPS) is 16.1. The zero-order valence-corrected chi connectivity index (χ0v) is 13.8. The van der Waals surface area contributed by atoms with Crippen LogP contribution in [0.2, 0.25) is 5.02 Å². The maximum atomic E-state index is 6.09. The minimum atomic E-state index is 0.312. The zero-order valence-electron chi connectivity index (χ0n) is 13.0. The molecule has 0 radical (unpaired) electrons. The second kappa shape index (κ2) is 6.23. The van der Waals surface area contributed by atoms with Crippen LogP contribution in [0.1, 0.15) is 24.1 Å². The summed E-state index contributed by atoms with van der Waals surface area (Å²) >= 11 is 6.09. The van der Waals surface area contributed by atoms with E-state index >= 15 is 0 Å². The molecule has 5 heteroatoms. The molecule has 0 spiro atoms. The molecule has 2 heterocycles. The first-order valence-corrected chi connectivity index (χ1v) is 8.04. The van der Waals surface area contributed by atoms with E-state index in [2.05, 4.69) is 16.8 Å². The maximum absolute atomic E-state index is 6.09. The van der Waals surface area contributed by atoms with Crippen molar-refractivity contribution in [1.29, 1.82) is 0 Å². The van der Waals surface area contributed by atoms with Crippen molar-refractivity contribution in [2.24, 2.45) is 5.73 Å². The molecule has 1 aromatic heterocycles. The summed E-state index contributed by atoms with van der Waals surface area (Å²) in [4.78, 5) is 11.8. The van der Waals surface area contributed by atoms with Gasteiger partial charge in [0.25, 0.3) is 0 Å². The number of nitrogens with zero attached hydrogens (tertiary/aromatic N) is 3. The van der Waals surface area contributed by atoms with Gasteiger partial charge in [-0.3, -0.25) is 0 Å². The Morgan fingerprint density at radius 3 is 2.59 bits per heavy atom. The molecule has 0 amide bonds. The Kier molecular flexibility index (Phi) is 4.32. The van der Waals surface area contributed by atoms with Gasteiger partial charge in [0.1, 0.15) is 5.82 Å². The summed E-state index contributed by atoms with van der Waals surface area (Å²) in [5, 5.41) is 0.699. The second-order valence-electron chi connectivity index (χ2n) is 5.92. The molecule has 22 heavy (non-hydrogen) atoms. The Bertz CT molecular complexity index is 678. The molecule has 0 bridgehead atoms. The van der Waals surface area contributed by atoms with Crippen molar-refractivity contribution in [2.75, 3.05) is 18.0 Å². The predicted octanol–water partition coefficient (Wildman–Crippen LogP) is 3.34. The lowest BCUT2D eigenvalue weighted by Crippen LogP contribution is -2.40. The molecule has 1 aliphatic rings. The summed E-state index contributed by atoms with van der Waals surface area (Å²) in [6, 6.07) is 7.99. The lowest BCUT2D eigenvalue weighted by molar-refractivity contribution is 0.498. The monoisotopic (exact) mass is 316 g/mol. The van der Waals surface area contributed by atoms with E-state index in [0.29, 0.717) is 11.1 Å². The molecule has 1 aromatic carbocycles. The van der Waals surface area contributed by atoms with Gasteiger partial charge in [0, 0.05) is 41.0 Å². The number of halogens is 1. The molecule has 1 aliphatic heterocycles. The van der Waals surface area contributed by atoms with Crippen molar-refractivity contribution in [2.45, 2.75) is 32.7 Å². The quantitative estimate of drug-likeness (QED) is 0.923. The van der Waals surface area contributed by atoms with E-state index in [1.165, 1.54) is 0 Å². The summed E-state index contributed by atoms with van der Waals surface area (Å²) in [6.45, 7) is 6.02. The van der Waals surface area contributed by atoms with E-state index in [9.17, 15) is 0 Å². The van der Waals surface area contributed by atoms with E-state index in [4.69, 9.17) is 22.3 Å². The highest BCUT2D eigenvalue weighted by Gasteiger charge is 2.21. The molecule has 4 nitrogen and oxygen atoms in total. The van der Waals surface area contributed by atoms with E-state index in [1.54, 1.807) is 0 Å². The molecule has 2 aromatic rings. The van der Waals surface area contributed by atoms with Gasteiger partial charge in [-0.15, -0.1) is 0 Å². The smallest absolute Gasteiger partial charge is 0.161 e. The first-order chi connectivity index (χ1) is 10.5. The molecule has 1 saturated heterocycles. The van der Waals surface area contributed by atoms with Crippen LogP contribution < -0.4 is 10.6 Å². The molecule has 116 valence electrons. The summed E-state index contributed by atoms with van der Waals surface area (Å²) in [5.74, 6) is 1.75. The molecular weight excluding hydrogens is 296 g/mol. The van der Waals surface area contributed by atoms with Gasteiger partial charge in [-0.25, -0.2) is 9.97 Å². The van der Waals surface area contributed by atoms with E-state index < -0.39 is 0 Å². The van der Waals surface area contributed by atoms with E-state index in [-0.39, 0.29) is 0 Å². The predicted molar refractivity (Wildman–Crippen MR) is 91.4 cm³/mol. The van der Waals surface area contributed by atoms with Crippen molar-refractivity contribution in [3.8, 4) is 11.4 Å². The van der Waals surface area contributed by atoms with Gasteiger partial charge in [-0.1, -0.05) is 23.7 Å². The minimum absolute atomic E-state index is 0.312. The number of rotatable bonds is 2. The third-order valence-electron chi connectivity index (χ3n) is 4.29. The fourth-order valence-electron chi connectivity index (χ4n) is 2.79. The Hall–Kier alpha value is -1.65. The van der Waals surface area contributed by atoms with E-state index in [0.717, 1.165) is 54.4 Å². The van der Waals surface area contributed by atoms with Crippen molar-refractivity contribution in [3.05, 3.63) is 40.5 Å². The lowest BCUT2D eigenvalue weighted by Gasteiger charge is -2.32. The van der Waals surface area contributed by atoms with Crippen LogP contribution in [-0.4, -0.2) is 29.1 Å². The number of benzene rings is 1. The zero-order chi connectivity index (χ0) is 15.7. The van der Waals surface area contributed by atoms with Gasteiger partial charge >= 0.3 is 0 Å². The van der Waals surface area contributed by atoms with Gasteiger partial charge in [-0.2, -0.15) is 0 Å². The summed E-state index contributed by atoms with van der Waals surface area (Å²) in [5.41, 5.74) is 9.11. The Morgan fingerprint density at radius 2 is 1.91 bits per heavy atom. The number of aryl methyl sites for hydroxylation is 1. The van der Waals surface area contributed by atoms with Crippen LogP contribution in [-0.2, 0) is 0 Å². The molecule has 3 rings (SSSR count). The fraction of sp³-hybridized carbons (Fsp3) is 0.412. The third kappa shape index (κ3) is 3.08. The molecule has 0 saturated carbocycles. The second-order valence-corrected chi connectivity index (χ2v) is 6.35. The molecule has 0 unspecified atom stereocenters. The maximum Gasteiger partial charge on any atom is 0.161 e. The van der Waals surface area contributed by atoms with Gasteiger partial charge < -0.3 is 10.6 Å². The first-order valence-electron chi connectivity index (χ1n) is 7.66.